The third-order valence-corrected chi connectivity index (χ3v) is 4.34. The second kappa shape index (κ2) is 12.4. The molecule has 1 nitrogen and oxygen atoms in total. The quantitative estimate of drug-likeness (QED) is 0.402. The van der Waals surface area contributed by atoms with Crippen LogP contribution in [0.5, 0.6) is 0 Å². The fraction of sp³-hybridized carbons (Fsp3) is 0.895. The predicted octanol–water partition coefficient (Wildman–Crippen LogP) is 5.91. The molecule has 0 N–H and O–H groups in total. The summed E-state index contributed by atoms with van der Waals surface area (Å²) in [6.07, 6.45) is 10.5. The van der Waals surface area contributed by atoms with Crippen molar-refractivity contribution in [2.24, 2.45) is 11.8 Å². The first-order valence-electron chi connectivity index (χ1n) is 8.87. The van der Waals surface area contributed by atoms with E-state index in [1.165, 1.54) is 58.2 Å². The fourth-order valence-corrected chi connectivity index (χ4v) is 2.58. The molecule has 0 aromatic carbocycles. The zero-order valence-electron chi connectivity index (χ0n) is 15.0. The molecule has 0 aliphatic carbocycles. The molecule has 0 aliphatic rings. The summed E-state index contributed by atoms with van der Waals surface area (Å²) in [6.45, 7) is 17.5. The van der Waals surface area contributed by atoms with E-state index >= 15 is 0 Å². The Balaban J connectivity index is 3.66. The van der Waals surface area contributed by atoms with Gasteiger partial charge in [-0.25, -0.2) is 0 Å². The highest BCUT2D eigenvalue weighted by molar-refractivity contribution is 4.97. The zero-order valence-corrected chi connectivity index (χ0v) is 15.0. The third kappa shape index (κ3) is 11.5. The Morgan fingerprint density at radius 2 is 1.65 bits per heavy atom. The highest BCUT2D eigenvalue weighted by Gasteiger charge is 2.05. The molecule has 0 aromatic rings. The molecule has 120 valence electrons. The topological polar surface area (TPSA) is 3.24 Å². The summed E-state index contributed by atoms with van der Waals surface area (Å²) in [7, 11) is 0. The Labute approximate surface area is 128 Å². The fourth-order valence-electron chi connectivity index (χ4n) is 2.58. The molecule has 0 radical (unpaired) electrons. The summed E-state index contributed by atoms with van der Waals surface area (Å²) in [6, 6.07) is 0. The van der Waals surface area contributed by atoms with Crippen molar-refractivity contribution < 1.29 is 0 Å². The number of allylic oxidation sites excluding steroid dienone is 2. The van der Waals surface area contributed by atoms with Crippen molar-refractivity contribution in [2.45, 2.75) is 80.1 Å². The molecule has 0 heterocycles. The van der Waals surface area contributed by atoms with Gasteiger partial charge < -0.3 is 4.90 Å². The van der Waals surface area contributed by atoms with E-state index in [1.54, 1.807) is 5.57 Å². The van der Waals surface area contributed by atoms with Crippen molar-refractivity contribution >= 4 is 0 Å². The minimum atomic E-state index is 0.833. The van der Waals surface area contributed by atoms with Crippen LogP contribution in [-0.4, -0.2) is 24.5 Å². The minimum absolute atomic E-state index is 0.833. The first-order chi connectivity index (χ1) is 9.49. The van der Waals surface area contributed by atoms with Gasteiger partial charge in [0, 0.05) is 0 Å². The molecule has 1 atom stereocenters. The Hall–Kier alpha value is -0.300. The van der Waals surface area contributed by atoms with Gasteiger partial charge in [-0.2, -0.15) is 0 Å². The molecule has 0 rings (SSSR count). The van der Waals surface area contributed by atoms with E-state index in [1.807, 2.05) is 0 Å². The van der Waals surface area contributed by atoms with Crippen LogP contribution in [-0.2, 0) is 0 Å². The maximum atomic E-state index is 2.54. The summed E-state index contributed by atoms with van der Waals surface area (Å²) in [5.41, 5.74) is 1.60. The average molecular weight is 282 g/mol. The molecule has 1 heteroatoms. The van der Waals surface area contributed by atoms with E-state index < -0.39 is 0 Å². The van der Waals surface area contributed by atoms with Gasteiger partial charge in [0.25, 0.3) is 0 Å². The first-order valence-corrected chi connectivity index (χ1v) is 8.87. The van der Waals surface area contributed by atoms with Gasteiger partial charge in [0.1, 0.15) is 0 Å². The van der Waals surface area contributed by atoms with E-state index in [-0.39, 0.29) is 0 Å². The van der Waals surface area contributed by atoms with Gasteiger partial charge in [-0.15, -0.1) is 0 Å². The molecule has 0 amide bonds. The molecule has 0 unspecified atom stereocenters. The summed E-state index contributed by atoms with van der Waals surface area (Å²) in [4.78, 5) is 2.54. The number of hydrogen-bond donors (Lipinski definition) is 0. The predicted molar refractivity (Wildman–Crippen MR) is 93.2 cm³/mol. The molecule has 0 aromatic heterocycles. The van der Waals surface area contributed by atoms with Crippen molar-refractivity contribution in [3.05, 3.63) is 11.6 Å². The lowest BCUT2D eigenvalue weighted by atomic mass is 9.97. The highest BCUT2D eigenvalue weighted by Crippen LogP contribution is 2.16. The smallest absolute Gasteiger partial charge is 0.00164 e. The van der Waals surface area contributed by atoms with E-state index in [4.69, 9.17) is 0 Å². The van der Waals surface area contributed by atoms with E-state index in [0.717, 1.165) is 11.8 Å². The van der Waals surface area contributed by atoms with Crippen LogP contribution in [0.2, 0.25) is 0 Å². The summed E-state index contributed by atoms with van der Waals surface area (Å²) in [5.74, 6) is 1.71. The van der Waals surface area contributed by atoms with Crippen LogP contribution in [0.1, 0.15) is 80.1 Å². The van der Waals surface area contributed by atoms with Crippen molar-refractivity contribution in [3.8, 4) is 0 Å². The number of rotatable bonds is 12. The van der Waals surface area contributed by atoms with Crippen LogP contribution in [0.4, 0.5) is 0 Å². The summed E-state index contributed by atoms with van der Waals surface area (Å²) < 4.78 is 0. The zero-order chi connectivity index (χ0) is 15.4. The third-order valence-electron chi connectivity index (χ3n) is 4.34. The van der Waals surface area contributed by atoms with Crippen LogP contribution in [0.15, 0.2) is 11.6 Å². The van der Waals surface area contributed by atoms with Crippen LogP contribution in [0.25, 0.3) is 0 Å². The van der Waals surface area contributed by atoms with E-state index in [2.05, 4.69) is 52.5 Å². The monoisotopic (exact) mass is 281 g/mol. The molecular weight excluding hydrogens is 242 g/mol. The second-order valence-corrected chi connectivity index (χ2v) is 6.83. The molecule has 20 heavy (non-hydrogen) atoms. The molecule has 0 fully saturated rings. The standard InChI is InChI=1S/C19H39N/c1-7-20(8-2)16-15-19(6)14-10-13-18(5)12-9-11-17(3)4/h12,17,19H,7-11,13-16H2,1-6H3/t19-/m1/s1. The van der Waals surface area contributed by atoms with E-state index in [0.29, 0.717) is 0 Å². The van der Waals surface area contributed by atoms with E-state index in [9.17, 15) is 0 Å². The van der Waals surface area contributed by atoms with Crippen molar-refractivity contribution in [2.75, 3.05) is 19.6 Å². The first kappa shape index (κ1) is 19.7. The number of nitrogens with zero attached hydrogens (tertiary/aromatic N) is 1. The lowest BCUT2D eigenvalue weighted by Crippen LogP contribution is -2.25. The van der Waals surface area contributed by atoms with Gasteiger partial charge >= 0.3 is 0 Å². The van der Waals surface area contributed by atoms with Gasteiger partial charge in [0.15, 0.2) is 0 Å². The van der Waals surface area contributed by atoms with Crippen LogP contribution in [0, 0.1) is 11.8 Å². The van der Waals surface area contributed by atoms with Gasteiger partial charge in [0.2, 0.25) is 0 Å². The Kier molecular flexibility index (Phi) is 12.3. The summed E-state index contributed by atoms with van der Waals surface area (Å²) in [5, 5.41) is 0. The van der Waals surface area contributed by atoms with Crippen LogP contribution in [0.3, 0.4) is 0 Å². The highest BCUT2D eigenvalue weighted by atomic mass is 15.1. The normalized spacial score (nSPS) is 14.3. The lowest BCUT2D eigenvalue weighted by molar-refractivity contribution is 0.275. The molecule has 0 bridgehead atoms. The minimum Gasteiger partial charge on any atom is -0.304 e. The Morgan fingerprint density at radius 1 is 1.00 bits per heavy atom. The van der Waals surface area contributed by atoms with Crippen LogP contribution < -0.4 is 0 Å². The molecule has 0 saturated carbocycles. The summed E-state index contributed by atoms with van der Waals surface area (Å²) >= 11 is 0. The lowest BCUT2D eigenvalue weighted by Gasteiger charge is -2.20. The Bertz CT molecular complexity index is 238. The van der Waals surface area contributed by atoms with Gasteiger partial charge in [-0.05, 0) is 70.5 Å². The molecule has 0 aliphatic heterocycles. The van der Waals surface area contributed by atoms with Gasteiger partial charge in [-0.1, -0.05) is 52.7 Å². The van der Waals surface area contributed by atoms with Crippen molar-refractivity contribution in [3.63, 3.8) is 0 Å². The van der Waals surface area contributed by atoms with Crippen LogP contribution >= 0.6 is 0 Å². The SMILES string of the molecule is CCN(CC)CC[C@H](C)CCCC(C)=CCCC(C)C. The largest absolute Gasteiger partial charge is 0.304 e. The number of hydrogen-bond acceptors (Lipinski definition) is 1. The Morgan fingerprint density at radius 3 is 2.20 bits per heavy atom. The molecule has 0 spiro atoms. The van der Waals surface area contributed by atoms with Crippen molar-refractivity contribution in [1.82, 2.24) is 4.90 Å². The second-order valence-electron chi connectivity index (χ2n) is 6.83. The maximum absolute atomic E-state index is 2.54. The molecule has 0 saturated heterocycles. The van der Waals surface area contributed by atoms with Gasteiger partial charge in [0.05, 0.1) is 0 Å². The molecular formula is C19H39N. The average Bonchev–Trinajstić information content (AvgIpc) is 2.39. The maximum Gasteiger partial charge on any atom is -0.00164 e. The van der Waals surface area contributed by atoms with Crippen molar-refractivity contribution in [1.29, 1.82) is 0 Å². The van der Waals surface area contributed by atoms with Gasteiger partial charge in [-0.3, -0.25) is 0 Å².